The Hall–Kier alpha value is -2.44. The molecule has 0 aliphatic carbocycles. The monoisotopic (exact) mass is 756 g/mol. The Balaban J connectivity index is 4.70. The van der Waals surface area contributed by atoms with Crippen LogP contribution in [0.3, 0.4) is 0 Å². The fourth-order valence-corrected chi connectivity index (χ4v) is 6.57. The van der Waals surface area contributed by atoms with Crippen molar-refractivity contribution < 1.29 is 24.5 Å². The molecule has 0 aromatic heterocycles. The van der Waals surface area contributed by atoms with Crippen LogP contribution in [-0.4, -0.2) is 46.9 Å². The first-order chi connectivity index (χ1) is 26.5. The van der Waals surface area contributed by atoms with Crippen molar-refractivity contribution in [1.82, 2.24) is 5.32 Å². The van der Waals surface area contributed by atoms with Gasteiger partial charge in [-0.2, -0.15) is 0 Å². The van der Waals surface area contributed by atoms with Crippen LogP contribution < -0.4 is 5.32 Å². The van der Waals surface area contributed by atoms with Gasteiger partial charge in [0.25, 0.3) is 0 Å². The molecule has 312 valence electrons. The normalized spacial score (nSPS) is 13.9. The van der Waals surface area contributed by atoms with E-state index in [-0.39, 0.29) is 24.9 Å². The molecule has 0 aromatic carbocycles. The smallest absolute Gasteiger partial charge is 0.306 e. The second kappa shape index (κ2) is 41.7. The van der Waals surface area contributed by atoms with Gasteiger partial charge in [0.05, 0.1) is 25.2 Å². The summed E-state index contributed by atoms with van der Waals surface area (Å²) in [6, 6.07) is -0.737. The third-order valence-corrected chi connectivity index (χ3v) is 9.99. The average Bonchev–Trinajstić information content (AvgIpc) is 3.16. The van der Waals surface area contributed by atoms with Crippen molar-refractivity contribution in [3.05, 3.63) is 60.8 Å². The molecule has 0 fully saturated rings. The summed E-state index contributed by atoms with van der Waals surface area (Å²) in [4.78, 5) is 25.9. The fourth-order valence-electron chi connectivity index (χ4n) is 6.57. The van der Waals surface area contributed by atoms with Crippen LogP contribution in [0.1, 0.15) is 207 Å². The van der Waals surface area contributed by atoms with Gasteiger partial charge in [-0.1, -0.05) is 229 Å². The molecule has 0 bridgehead atoms. The molecule has 6 heteroatoms. The number of aliphatic hydroxyl groups excluding tert-OH is 2. The summed E-state index contributed by atoms with van der Waals surface area (Å²) in [5.41, 5.74) is 0. The number of carbonyl (C=O) groups is 2. The standard InChI is InChI=1S/C48H85NO5/c1-4-7-10-13-16-19-22-23-26-28-31-34-37-40-46(51)45(43-50)49-47(52)42-44(39-36-33-30-27-24-20-17-14-11-8-5-2)54-48(53)41-38-35-32-29-25-21-18-15-12-9-6-3/h8,11,14,17,20,24,27,30,33,36,44-46,50-51H,4-7,9-10,12-13,15-16,18-19,21-23,25-26,28-29,31-32,34-35,37-43H2,1-3H3,(H,49,52)/b11-8+,17-14+,24-20-,30-27-,36-33+. The highest BCUT2D eigenvalue weighted by Crippen LogP contribution is 2.16. The Morgan fingerprint density at radius 3 is 1.41 bits per heavy atom. The Morgan fingerprint density at radius 2 is 0.963 bits per heavy atom. The maximum absolute atomic E-state index is 13.1. The number of esters is 1. The zero-order valence-corrected chi connectivity index (χ0v) is 35.3. The molecule has 6 nitrogen and oxygen atoms in total. The molecule has 0 saturated heterocycles. The molecule has 0 aliphatic rings. The number of hydrogen-bond donors (Lipinski definition) is 3. The van der Waals surface area contributed by atoms with Gasteiger partial charge in [0, 0.05) is 12.8 Å². The third kappa shape index (κ3) is 36.5. The Kier molecular flexibility index (Phi) is 39.8. The van der Waals surface area contributed by atoms with Gasteiger partial charge in [0.1, 0.15) is 6.10 Å². The number of allylic oxidation sites excluding steroid dienone is 9. The first-order valence-electron chi connectivity index (χ1n) is 22.6. The molecule has 0 saturated carbocycles. The van der Waals surface area contributed by atoms with E-state index in [1.54, 1.807) is 0 Å². The largest absolute Gasteiger partial charge is 0.461 e. The molecular formula is C48H85NO5. The predicted octanol–water partition coefficient (Wildman–Crippen LogP) is 12.9. The van der Waals surface area contributed by atoms with Crippen molar-refractivity contribution in [2.75, 3.05) is 6.61 Å². The second-order valence-corrected chi connectivity index (χ2v) is 15.2. The molecule has 1 amide bonds. The molecule has 0 heterocycles. The van der Waals surface area contributed by atoms with Crippen LogP contribution in [0.4, 0.5) is 0 Å². The van der Waals surface area contributed by atoms with E-state index >= 15 is 0 Å². The van der Waals surface area contributed by atoms with E-state index < -0.39 is 18.2 Å². The number of rotatable bonds is 39. The Bertz CT molecular complexity index is 984. The minimum atomic E-state index is -0.815. The van der Waals surface area contributed by atoms with E-state index in [4.69, 9.17) is 4.74 Å². The number of carbonyl (C=O) groups excluding carboxylic acids is 2. The van der Waals surface area contributed by atoms with E-state index in [0.29, 0.717) is 19.3 Å². The Labute approximate surface area is 333 Å². The summed E-state index contributed by atoms with van der Waals surface area (Å²) >= 11 is 0. The summed E-state index contributed by atoms with van der Waals surface area (Å²) in [6.45, 7) is 6.27. The van der Waals surface area contributed by atoms with Crippen LogP contribution in [-0.2, 0) is 14.3 Å². The number of ether oxygens (including phenoxy) is 1. The molecule has 3 unspecified atom stereocenters. The molecule has 0 aromatic rings. The van der Waals surface area contributed by atoms with Gasteiger partial charge >= 0.3 is 5.97 Å². The lowest BCUT2D eigenvalue weighted by atomic mass is 10.0. The highest BCUT2D eigenvalue weighted by Gasteiger charge is 2.23. The van der Waals surface area contributed by atoms with E-state index in [2.05, 4.69) is 32.2 Å². The molecule has 3 N–H and O–H groups in total. The average molecular weight is 756 g/mol. The van der Waals surface area contributed by atoms with Crippen LogP contribution in [0.5, 0.6) is 0 Å². The fraction of sp³-hybridized carbons (Fsp3) is 0.750. The van der Waals surface area contributed by atoms with Gasteiger partial charge in [-0.25, -0.2) is 0 Å². The molecular weight excluding hydrogens is 671 g/mol. The summed E-state index contributed by atoms with van der Waals surface area (Å²) in [7, 11) is 0. The maximum Gasteiger partial charge on any atom is 0.306 e. The first kappa shape index (κ1) is 51.6. The van der Waals surface area contributed by atoms with Gasteiger partial charge in [0.2, 0.25) is 5.91 Å². The van der Waals surface area contributed by atoms with Crippen molar-refractivity contribution in [3.8, 4) is 0 Å². The number of aliphatic hydroxyl groups is 2. The van der Waals surface area contributed by atoms with Gasteiger partial charge < -0.3 is 20.3 Å². The molecule has 3 atom stereocenters. The lowest BCUT2D eigenvalue weighted by molar-refractivity contribution is -0.150. The van der Waals surface area contributed by atoms with Crippen LogP contribution in [0.15, 0.2) is 60.8 Å². The minimum absolute atomic E-state index is 0.0179. The summed E-state index contributed by atoms with van der Waals surface area (Å²) in [5.74, 6) is -0.609. The highest BCUT2D eigenvalue weighted by molar-refractivity contribution is 5.77. The van der Waals surface area contributed by atoms with Crippen molar-refractivity contribution in [1.29, 1.82) is 0 Å². The number of hydrogen-bond acceptors (Lipinski definition) is 5. The lowest BCUT2D eigenvalue weighted by Gasteiger charge is -2.24. The summed E-state index contributed by atoms with van der Waals surface area (Å²) in [5, 5.41) is 23.6. The maximum atomic E-state index is 13.1. The zero-order valence-electron chi connectivity index (χ0n) is 35.3. The predicted molar refractivity (Wildman–Crippen MR) is 232 cm³/mol. The number of unbranched alkanes of at least 4 members (excludes halogenated alkanes) is 22. The topological polar surface area (TPSA) is 95.9 Å². The molecule has 0 rings (SSSR count). The number of amides is 1. The third-order valence-electron chi connectivity index (χ3n) is 9.99. The van der Waals surface area contributed by atoms with Crippen molar-refractivity contribution >= 4 is 11.9 Å². The molecule has 0 spiro atoms. The van der Waals surface area contributed by atoms with Crippen molar-refractivity contribution in [3.63, 3.8) is 0 Å². The molecule has 54 heavy (non-hydrogen) atoms. The van der Waals surface area contributed by atoms with Gasteiger partial charge in [-0.15, -0.1) is 0 Å². The summed E-state index contributed by atoms with van der Waals surface area (Å²) < 4.78 is 5.80. The quantitative estimate of drug-likeness (QED) is 0.0330. The molecule has 0 radical (unpaired) electrons. The van der Waals surface area contributed by atoms with Crippen LogP contribution in [0.2, 0.25) is 0 Å². The van der Waals surface area contributed by atoms with Crippen LogP contribution in [0.25, 0.3) is 0 Å². The Morgan fingerprint density at radius 1 is 0.556 bits per heavy atom. The van der Waals surface area contributed by atoms with Gasteiger partial charge in [-0.3, -0.25) is 9.59 Å². The van der Waals surface area contributed by atoms with Gasteiger partial charge in [0.15, 0.2) is 0 Å². The second-order valence-electron chi connectivity index (χ2n) is 15.2. The van der Waals surface area contributed by atoms with Crippen LogP contribution >= 0.6 is 0 Å². The van der Waals surface area contributed by atoms with Crippen molar-refractivity contribution in [2.45, 2.75) is 225 Å². The summed E-state index contributed by atoms with van der Waals surface area (Å²) in [6.07, 6.45) is 50.2. The van der Waals surface area contributed by atoms with Crippen molar-refractivity contribution in [2.24, 2.45) is 0 Å². The highest BCUT2D eigenvalue weighted by atomic mass is 16.5. The lowest BCUT2D eigenvalue weighted by Crippen LogP contribution is -2.46. The van der Waals surface area contributed by atoms with Gasteiger partial charge in [-0.05, 0) is 19.3 Å². The number of nitrogens with one attached hydrogen (secondary N) is 1. The van der Waals surface area contributed by atoms with E-state index in [1.807, 2.05) is 54.7 Å². The minimum Gasteiger partial charge on any atom is -0.461 e. The van der Waals surface area contributed by atoms with Crippen LogP contribution in [0, 0.1) is 0 Å². The first-order valence-corrected chi connectivity index (χ1v) is 22.6. The SMILES string of the molecule is CC/C=C/C=C/C=C\C=C/C=C/CC(CC(=O)NC(CO)C(O)CCCCCCCCCCCCCCC)OC(=O)CCCCCCCCCCCCC. The van der Waals surface area contributed by atoms with E-state index in [1.165, 1.54) is 116 Å². The van der Waals surface area contributed by atoms with E-state index in [9.17, 15) is 19.8 Å². The molecule has 0 aliphatic heterocycles. The van der Waals surface area contributed by atoms with E-state index in [0.717, 1.165) is 44.9 Å². The zero-order chi connectivity index (χ0) is 39.6.